The second kappa shape index (κ2) is 6.55. The Morgan fingerprint density at radius 3 is 2.06 bits per heavy atom. The van der Waals surface area contributed by atoms with Crippen molar-refractivity contribution in [3.63, 3.8) is 0 Å². The fraction of sp³-hybridized carbons (Fsp3) is 0.273. The molecule has 0 atom stereocenters. The number of carboxylic acid groups (broad SMARTS) is 2. The summed E-state index contributed by atoms with van der Waals surface area (Å²) < 4.78 is 1.70. The number of carbonyl (C=O) groups is 2. The van der Waals surface area contributed by atoms with Crippen LogP contribution in [-0.4, -0.2) is 22.2 Å². The van der Waals surface area contributed by atoms with Gasteiger partial charge in [-0.05, 0) is 62.9 Å². The van der Waals surface area contributed by atoms with Gasteiger partial charge in [0.25, 0.3) is 0 Å². The van der Waals surface area contributed by atoms with E-state index in [1.54, 1.807) is 6.07 Å². The maximum absolute atomic E-state index is 10.8. The van der Waals surface area contributed by atoms with Gasteiger partial charge in [0.15, 0.2) is 0 Å². The lowest BCUT2D eigenvalue weighted by Gasteiger charge is -2.16. The first kappa shape index (κ1) is 15.5. The normalized spacial score (nSPS) is 10.6. The minimum absolute atomic E-state index is 0.220. The topological polar surface area (TPSA) is 101 Å². The van der Waals surface area contributed by atoms with Gasteiger partial charge in [0.1, 0.15) is 0 Å². The van der Waals surface area contributed by atoms with Crippen LogP contribution in [0.15, 0.2) is 12.1 Å². The van der Waals surface area contributed by atoms with Crippen molar-refractivity contribution < 1.29 is 19.8 Å². The van der Waals surface area contributed by atoms with E-state index in [-0.39, 0.29) is 12.8 Å². The van der Waals surface area contributed by atoms with Crippen molar-refractivity contribution in [2.75, 3.05) is 5.73 Å². The van der Waals surface area contributed by atoms with E-state index >= 15 is 0 Å². The molecule has 0 radical (unpaired) electrons. The van der Waals surface area contributed by atoms with Gasteiger partial charge in [0.2, 0.25) is 0 Å². The van der Waals surface area contributed by atoms with Gasteiger partial charge in [-0.15, -0.1) is 0 Å². The standard InChI is InChI=1S/C11H11I2NO4/c12-7-4-8(13)9(14)3-6(7)5(1-10(15)16)2-11(17)18/h3-5H,1-2,14H2,(H,15,16)(H,17,18). The fourth-order valence-electron chi connectivity index (χ4n) is 1.61. The molecule has 0 unspecified atom stereocenters. The Balaban J connectivity index is 3.15. The molecule has 0 saturated carbocycles. The van der Waals surface area contributed by atoms with Gasteiger partial charge in [-0.1, -0.05) is 0 Å². The minimum Gasteiger partial charge on any atom is -0.481 e. The predicted octanol–water partition coefficient (Wildman–Crippen LogP) is 2.51. The highest BCUT2D eigenvalue weighted by Crippen LogP contribution is 2.31. The van der Waals surface area contributed by atoms with Crippen LogP contribution in [0.25, 0.3) is 0 Å². The summed E-state index contributed by atoms with van der Waals surface area (Å²) in [6, 6.07) is 3.49. The molecule has 7 heteroatoms. The van der Waals surface area contributed by atoms with E-state index in [1.807, 2.05) is 6.07 Å². The smallest absolute Gasteiger partial charge is 0.303 e. The molecule has 18 heavy (non-hydrogen) atoms. The molecule has 0 amide bonds. The first-order valence-corrected chi connectivity index (χ1v) is 7.15. The second-order valence-corrected chi connectivity index (χ2v) is 6.11. The molecule has 98 valence electrons. The van der Waals surface area contributed by atoms with E-state index in [2.05, 4.69) is 45.2 Å². The molecule has 0 spiro atoms. The summed E-state index contributed by atoms with van der Waals surface area (Å²) in [5.74, 6) is -2.60. The maximum atomic E-state index is 10.8. The van der Waals surface area contributed by atoms with Crippen LogP contribution >= 0.6 is 45.2 Å². The fourth-order valence-corrected chi connectivity index (χ4v) is 3.58. The van der Waals surface area contributed by atoms with Crippen LogP contribution < -0.4 is 5.73 Å². The van der Waals surface area contributed by atoms with Crippen LogP contribution in [0, 0.1) is 7.14 Å². The number of hydrogen-bond acceptors (Lipinski definition) is 3. The summed E-state index contributed by atoms with van der Waals surface area (Å²) in [4.78, 5) is 21.6. The van der Waals surface area contributed by atoms with Crippen LogP contribution in [0.2, 0.25) is 0 Å². The molecule has 0 bridgehead atoms. The molecule has 0 aliphatic carbocycles. The number of carboxylic acids is 2. The average Bonchev–Trinajstić information content (AvgIpc) is 2.21. The molecule has 0 aliphatic rings. The third-order valence-electron chi connectivity index (χ3n) is 2.40. The van der Waals surface area contributed by atoms with Crippen LogP contribution in [0.1, 0.15) is 24.3 Å². The van der Waals surface area contributed by atoms with Crippen molar-refractivity contribution >= 4 is 62.8 Å². The Kier molecular flexibility index (Phi) is 5.63. The Morgan fingerprint density at radius 1 is 1.11 bits per heavy atom. The van der Waals surface area contributed by atoms with E-state index in [0.717, 1.165) is 7.14 Å². The van der Waals surface area contributed by atoms with Gasteiger partial charge in [0.05, 0.1) is 12.8 Å². The largest absolute Gasteiger partial charge is 0.481 e. The van der Waals surface area contributed by atoms with E-state index in [4.69, 9.17) is 15.9 Å². The van der Waals surface area contributed by atoms with Crippen molar-refractivity contribution in [2.24, 2.45) is 0 Å². The van der Waals surface area contributed by atoms with Crippen molar-refractivity contribution in [3.05, 3.63) is 24.8 Å². The number of hydrogen-bond donors (Lipinski definition) is 3. The molecule has 1 aromatic carbocycles. The maximum Gasteiger partial charge on any atom is 0.303 e. The van der Waals surface area contributed by atoms with Crippen molar-refractivity contribution in [1.29, 1.82) is 0 Å². The van der Waals surface area contributed by atoms with Crippen LogP contribution in [0.5, 0.6) is 0 Å². The third kappa shape index (κ3) is 4.26. The summed E-state index contributed by atoms with van der Waals surface area (Å²) in [6.45, 7) is 0. The van der Waals surface area contributed by atoms with Crippen LogP contribution in [-0.2, 0) is 9.59 Å². The molecule has 1 rings (SSSR count). The van der Waals surface area contributed by atoms with Gasteiger partial charge in [-0.2, -0.15) is 0 Å². The SMILES string of the molecule is Nc1cc(C(CC(=O)O)CC(=O)O)c(I)cc1I. The number of aliphatic carboxylic acids is 2. The number of nitrogen functional groups attached to an aromatic ring is 1. The summed E-state index contributed by atoms with van der Waals surface area (Å²) in [5.41, 5.74) is 7.00. The van der Waals surface area contributed by atoms with Gasteiger partial charge in [-0.25, -0.2) is 0 Å². The molecule has 0 saturated heterocycles. The zero-order chi connectivity index (χ0) is 13.9. The molecule has 0 aliphatic heterocycles. The van der Waals surface area contributed by atoms with E-state index < -0.39 is 17.9 Å². The molecule has 0 fully saturated rings. The molecular weight excluding hydrogens is 464 g/mol. The van der Waals surface area contributed by atoms with Crippen LogP contribution in [0.3, 0.4) is 0 Å². The lowest BCUT2D eigenvalue weighted by molar-refractivity contribution is -0.139. The van der Waals surface area contributed by atoms with E-state index in [9.17, 15) is 9.59 Å². The molecule has 4 N–H and O–H groups in total. The van der Waals surface area contributed by atoms with Crippen LogP contribution in [0.4, 0.5) is 5.69 Å². The van der Waals surface area contributed by atoms with E-state index in [1.165, 1.54) is 0 Å². The summed E-state index contributed by atoms with van der Waals surface area (Å²) >= 11 is 4.14. The first-order valence-electron chi connectivity index (χ1n) is 4.99. The zero-order valence-electron chi connectivity index (χ0n) is 9.19. The summed E-state index contributed by atoms with van der Waals surface area (Å²) in [7, 11) is 0. The zero-order valence-corrected chi connectivity index (χ0v) is 13.5. The lowest BCUT2D eigenvalue weighted by atomic mass is 9.92. The van der Waals surface area contributed by atoms with Gasteiger partial charge >= 0.3 is 11.9 Å². The number of nitrogens with two attached hydrogens (primary N) is 1. The highest BCUT2D eigenvalue weighted by atomic mass is 127. The van der Waals surface area contributed by atoms with Gasteiger partial charge in [-0.3, -0.25) is 9.59 Å². The number of halogens is 2. The number of anilines is 1. The molecule has 5 nitrogen and oxygen atoms in total. The molecule has 0 aromatic heterocycles. The number of rotatable bonds is 5. The lowest BCUT2D eigenvalue weighted by Crippen LogP contribution is -2.13. The Hall–Kier alpha value is -0.580. The van der Waals surface area contributed by atoms with Crippen molar-refractivity contribution in [1.82, 2.24) is 0 Å². The van der Waals surface area contributed by atoms with Crippen molar-refractivity contribution in [2.45, 2.75) is 18.8 Å². The average molecular weight is 475 g/mol. The highest BCUT2D eigenvalue weighted by Gasteiger charge is 2.22. The summed E-state index contributed by atoms with van der Waals surface area (Å²) in [5, 5.41) is 17.7. The highest BCUT2D eigenvalue weighted by molar-refractivity contribution is 14.1. The number of benzene rings is 1. The molecule has 1 aromatic rings. The quantitative estimate of drug-likeness (QED) is 0.449. The monoisotopic (exact) mass is 475 g/mol. The summed E-state index contributed by atoms with van der Waals surface area (Å²) in [6.07, 6.45) is -0.440. The Morgan fingerprint density at radius 2 is 1.61 bits per heavy atom. The predicted molar refractivity (Wildman–Crippen MR) is 83.5 cm³/mol. The van der Waals surface area contributed by atoms with Gasteiger partial charge in [0, 0.05) is 18.7 Å². The Bertz CT molecular complexity index is 474. The second-order valence-electron chi connectivity index (χ2n) is 3.79. The molecular formula is C11H11I2NO4. The Labute approximate surface area is 131 Å². The van der Waals surface area contributed by atoms with Crippen molar-refractivity contribution in [3.8, 4) is 0 Å². The third-order valence-corrected chi connectivity index (χ3v) is 4.27. The minimum atomic E-state index is -1.02. The van der Waals surface area contributed by atoms with E-state index in [0.29, 0.717) is 11.3 Å². The van der Waals surface area contributed by atoms with Gasteiger partial charge < -0.3 is 15.9 Å². The first-order chi connectivity index (χ1) is 8.31. The molecule has 0 heterocycles.